The average Bonchev–Trinajstić information content (AvgIpc) is 2.17. The molecule has 0 aliphatic heterocycles. The largest absolute Gasteiger partial charge is 0.269 e. The topological polar surface area (TPSA) is 46.4 Å². The first-order chi connectivity index (χ1) is 7.33. The fourth-order valence-electron chi connectivity index (χ4n) is 1.09. The van der Waals surface area contributed by atoms with Crippen molar-refractivity contribution in [3.63, 3.8) is 0 Å². The fourth-order valence-corrected chi connectivity index (χ4v) is 2.89. The van der Waals surface area contributed by atoms with Crippen molar-refractivity contribution in [3.05, 3.63) is 39.9 Å². The molecule has 1 aromatic carbocycles. The maximum atomic E-state index is 10.5. The Balaban J connectivity index is 2.84. The zero-order valence-electron chi connectivity index (χ0n) is 8.96. The number of hydrogen-bond acceptors (Lipinski definition) is 3. The van der Waals surface area contributed by atoms with Crippen molar-refractivity contribution >= 4 is 34.3 Å². The van der Waals surface area contributed by atoms with Gasteiger partial charge in [0.2, 0.25) is 0 Å². The maximum absolute atomic E-state index is 10.5. The van der Waals surface area contributed by atoms with Crippen molar-refractivity contribution in [2.75, 3.05) is 14.1 Å². The molecule has 0 aliphatic rings. The first-order valence-corrected chi connectivity index (χ1v) is 8.37. The second kappa shape index (κ2) is 5.23. The Hall–Kier alpha value is -0.480. The molecule has 0 spiro atoms. The summed E-state index contributed by atoms with van der Waals surface area (Å²) in [5.41, 5.74) is -1.05. The highest BCUT2D eigenvalue weighted by Crippen LogP contribution is 2.56. The Morgan fingerprint density at radius 2 is 1.94 bits per heavy atom. The summed E-state index contributed by atoms with van der Waals surface area (Å²) in [6.45, 7) is 0. The second-order valence-corrected chi connectivity index (χ2v) is 9.99. The van der Waals surface area contributed by atoms with E-state index in [0.717, 1.165) is 5.56 Å². The normalized spacial score (nSPS) is 14.8. The molecule has 4 nitrogen and oxygen atoms in total. The lowest BCUT2D eigenvalue weighted by Gasteiger charge is -2.21. The molecule has 16 heavy (non-hydrogen) atoms. The monoisotopic (exact) mass is 278 g/mol. The molecule has 1 atom stereocenters. The number of nitro benzene ring substituents is 1. The molecule has 0 N–H and O–H groups in total. The summed E-state index contributed by atoms with van der Waals surface area (Å²) >= 11 is 11.5. The predicted molar refractivity (Wildman–Crippen MR) is 70.6 cm³/mol. The van der Waals surface area contributed by atoms with Crippen LogP contribution in [0.4, 0.5) is 5.69 Å². The van der Waals surface area contributed by atoms with E-state index in [1.807, 2.05) is 18.8 Å². The molecule has 0 radical (unpaired) electrons. The van der Waals surface area contributed by atoms with Crippen LogP contribution in [0.2, 0.25) is 0 Å². The molecule has 0 fully saturated rings. The van der Waals surface area contributed by atoms with Crippen molar-refractivity contribution in [1.29, 1.82) is 0 Å². The second-order valence-electron chi connectivity index (χ2n) is 3.55. The van der Waals surface area contributed by atoms with Crippen LogP contribution in [-0.2, 0) is 18.0 Å². The Bertz CT molecular complexity index is 436. The fraction of sp³-hybridized carbons (Fsp3) is 0.333. The van der Waals surface area contributed by atoms with Gasteiger partial charge in [0.1, 0.15) is 5.54 Å². The van der Waals surface area contributed by atoms with Gasteiger partial charge in [-0.3, -0.25) is 14.8 Å². The van der Waals surface area contributed by atoms with E-state index in [4.69, 9.17) is 23.0 Å². The van der Waals surface area contributed by atoms with E-state index in [-0.39, 0.29) is 5.69 Å². The number of nitrogens with zero attached hydrogens (tertiary/aromatic N) is 2. The Labute approximate surface area is 104 Å². The van der Waals surface area contributed by atoms with E-state index in [1.54, 1.807) is 12.1 Å². The summed E-state index contributed by atoms with van der Waals surface area (Å²) in [6, 6.07) is 6.34. The SMILES string of the molecule is CN(C)P(=S)(Cl)Cc1ccc([N+](=O)[O-])cc1. The third kappa shape index (κ3) is 3.52. The first-order valence-electron chi connectivity index (χ1n) is 4.53. The molecule has 0 saturated carbocycles. The minimum atomic E-state index is -2.06. The van der Waals surface area contributed by atoms with Gasteiger partial charge in [-0.05, 0) is 19.7 Å². The lowest BCUT2D eigenvalue weighted by Crippen LogP contribution is -2.05. The molecule has 0 bridgehead atoms. The average molecular weight is 279 g/mol. The minimum absolute atomic E-state index is 0.0801. The zero-order valence-corrected chi connectivity index (χ0v) is 11.4. The van der Waals surface area contributed by atoms with Gasteiger partial charge in [-0.2, -0.15) is 0 Å². The van der Waals surface area contributed by atoms with E-state index in [1.165, 1.54) is 12.1 Å². The molecular formula is C9H12ClN2O2PS. The zero-order chi connectivity index (χ0) is 12.3. The minimum Gasteiger partial charge on any atom is -0.269 e. The molecule has 0 aromatic heterocycles. The molecule has 0 amide bonds. The highest BCUT2D eigenvalue weighted by atomic mass is 35.7. The number of non-ortho nitro benzene ring substituents is 1. The molecule has 1 rings (SSSR count). The van der Waals surface area contributed by atoms with Gasteiger partial charge in [0.05, 0.1) is 4.92 Å². The molecule has 1 aromatic rings. The lowest BCUT2D eigenvalue weighted by molar-refractivity contribution is -0.384. The molecule has 0 heterocycles. The van der Waals surface area contributed by atoms with E-state index < -0.39 is 10.5 Å². The van der Waals surface area contributed by atoms with Gasteiger partial charge in [-0.25, -0.2) is 0 Å². The number of nitro groups is 1. The van der Waals surface area contributed by atoms with Gasteiger partial charge in [0.15, 0.2) is 0 Å². The number of halogens is 1. The molecule has 88 valence electrons. The van der Waals surface area contributed by atoms with E-state index in [2.05, 4.69) is 0 Å². The van der Waals surface area contributed by atoms with Crippen LogP contribution in [0.15, 0.2) is 24.3 Å². The van der Waals surface area contributed by atoms with Gasteiger partial charge >= 0.3 is 0 Å². The van der Waals surface area contributed by atoms with Crippen molar-refractivity contribution in [3.8, 4) is 0 Å². The van der Waals surface area contributed by atoms with Crippen molar-refractivity contribution in [2.45, 2.75) is 6.16 Å². The van der Waals surface area contributed by atoms with Crippen molar-refractivity contribution in [2.24, 2.45) is 0 Å². The molecule has 0 saturated heterocycles. The van der Waals surface area contributed by atoms with Gasteiger partial charge in [-0.1, -0.05) is 35.2 Å². The Kier molecular flexibility index (Phi) is 4.44. The first kappa shape index (κ1) is 13.6. The summed E-state index contributed by atoms with van der Waals surface area (Å²) in [4.78, 5) is 10.0. The highest BCUT2D eigenvalue weighted by molar-refractivity contribution is 8.25. The van der Waals surface area contributed by atoms with Crippen molar-refractivity contribution < 1.29 is 4.92 Å². The van der Waals surface area contributed by atoms with Crippen LogP contribution in [0.25, 0.3) is 0 Å². The summed E-state index contributed by atoms with van der Waals surface area (Å²) in [6.07, 6.45) is 0.564. The smallest absolute Gasteiger partial charge is 0.269 e. The molecule has 0 aliphatic carbocycles. The van der Waals surface area contributed by atoms with Gasteiger partial charge < -0.3 is 0 Å². The predicted octanol–water partition coefficient (Wildman–Crippen LogP) is 3.20. The summed E-state index contributed by atoms with van der Waals surface area (Å²) in [7, 11) is 3.69. The van der Waals surface area contributed by atoms with Crippen LogP contribution in [0, 0.1) is 10.1 Å². The number of benzene rings is 1. The van der Waals surface area contributed by atoms with E-state index in [0.29, 0.717) is 6.16 Å². The van der Waals surface area contributed by atoms with E-state index >= 15 is 0 Å². The highest BCUT2D eigenvalue weighted by Gasteiger charge is 2.17. The number of rotatable bonds is 4. The van der Waals surface area contributed by atoms with Crippen LogP contribution in [0.5, 0.6) is 0 Å². The van der Waals surface area contributed by atoms with Crippen LogP contribution < -0.4 is 0 Å². The van der Waals surface area contributed by atoms with Gasteiger partial charge in [-0.15, -0.1) is 0 Å². The Morgan fingerprint density at radius 3 is 2.31 bits per heavy atom. The molecule has 1 unspecified atom stereocenters. The van der Waals surface area contributed by atoms with Crippen LogP contribution in [-0.4, -0.2) is 23.7 Å². The maximum Gasteiger partial charge on any atom is 0.269 e. The third-order valence-electron chi connectivity index (χ3n) is 2.12. The van der Waals surface area contributed by atoms with E-state index in [9.17, 15) is 10.1 Å². The number of hydrogen-bond donors (Lipinski definition) is 0. The molecule has 7 heteroatoms. The van der Waals surface area contributed by atoms with Crippen LogP contribution in [0.3, 0.4) is 0 Å². The van der Waals surface area contributed by atoms with Gasteiger partial charge in [0, 0.05) is 18.3 Å². The standard InChI is InChI=1S/C9H12ClN2O2PS/c1-11(2)15(10,16)7-8-3-5-9(6-4-8)12(13)14/h3-6H,7H2,1-2H3. The summed E-state index contributed by atoms with van der Waals surface area (Å²) < 4.78 is 1.84. The quantitative estimate of drug-likeness (QED) is 0.482. The summed E-state index contributed by atoms with van der Waals surface area (Å²) in [5, 5.41) is 10.5. The molecular weight excluding hydrogens is 267 g/mol. The third-order valence-corrected chi connectivity index (χ3v) is 6.70. The Morgan fingerprint density at radius 1 is 1.44 bits per heavy atom. The lowest BCUT2D eigenvalue weighted by atomic mass is 10.2. The summed E-state index contributed by atoms with van der Waals surface area (Å²) in [5.74, 6) is 0. The van der Waals surface area contributed by atoms with Gasteiger partial charge in [0.25, 0.3) is 5.69 Å². The van der Waals surface area contributed by atoms with Crippen molar-refractivity contribution in [1.82, 2.24) is 4.67 Å². The van der Waals surface area contributed by atoms with Crippen LogP contribution >= 0.6 is 16.8 Å². The van der Waals surface area contributed by atoms with Crippen LogP contribution in [0.1, 0.15) is 5.56 Å².